The Labute approximate surface area is 163 Å². The molecule has 0 fully saturated rings. The van der Waals surface area contributed by atoms with Gasteiger partial charge in [0, 0.05) is 17.3 Å². The number of ether oxygens (including phenoxy) is 2. The molecule has 1 heterocycles. The monoisotopic (exact) mass is 396 g/mol. The number of ketones is 1. The second-order valence-electron chi connectivity index (χ2n) is 7.55. The van der Waals surface area contributed by atoms with Crippen LogP contribution in [0, 0.1) is 5.41 Å². The number of carbonyl (C=O) groups is 3. The molecule has 0 bridgehead atoms. The summed E-state index contributed by atoms with van der Waals surface area (Å²) in [6.07, 6.45) is 0.478. The molecule has 7 nitrogen and oxygen atoms in total. The van der Waals surface area contributed by atoms with E-state index in [0.717, 1.165) is 0 Å². The first-order chi connectivity index (χ1) is 12.5. The van der Waals surface area contributed by atoms with E-state index in [1.54, 1.807) is 26.8 Å². The molecule has 0 aliphatic carbocycles. The van der Waals surface area contributed by atoms with Crippen molar-refractivity contribution in [3.63, 3.8) is 0 Å². The van der Waals surface area contributed by atoms with E-state index in [0.29, 0.717) is 12.0 Å². The highest BCUT2D eigenvalue weighted by Gasteiger charge is 2.37. The van der Waals surface area contributed by atoms with Crippen molar-refractivity contribution in [2.24, 2.45) is 5.41 Å². The normalized spacial score (nSPS) is 16.2. The topological polar surface area (TPSA) is 99.1 Å². The standard InChI is InChI=1S/C18H22BClO7/c1-10(21)5-12-6-11-7-13(20)8-14(15(11)27-19(12)24)16(22)25-9-26-17(23)18(2,3)4/h7-8,12,24H,5-6,9H2,1-4H3/t12-/m0/s1. The lowest BCUT2D eigenvalue weighted by Crippen LogP contribution is -2.35. The molecule has 0 spiro atoms. The Hall–Kier alpha value is -2.06. The molecule has 27 heavy (non-hydrogen) atoms. The van der Waals surface area contributed by atoms with Crippen LogP contribution in [0.3, 0.4) is 0 Å². The zero-order chi connectivity index (χ0) is 20.4. The summed E-state index contributed by atoms with van der Waals surface area (Å²) in [7, 11) is -1.23. The molecule has 0 saturated heterocycles. The fourth-order valence-corrected chi connectivity index (χ4v) is 2.91. The van der Waals surface area contributed by atoms with Gasteiger partial charge in [-0.15, -0.1) is 0 Å². The fraction of sp³-hybridized carbons (Fsp3) is 0.500. The minimum absolute atomic E-state index is 0.0182. The molecule has 0 aromatic heterocycles. The third-order valence-corrected chi connectivity index (χ3v) is 4.23. The van der Waals surface area contributed by atoms with Crippen molar-refractivity contribution in [2.45, 2.75) is 46.4 Å². The summed E-state index contributed by atoms with van der Waals surface area (Å²) in [5, 5.41) is 10.4. The van der Waals surface area contributed by atoms with Crippen LogP contribution in [0.1, 0.15) is 50.0 Å². The molecular formula is C18H22BClO7. The van der Waals surface area contributed by atoms with E-state index >= 15 is 0 Å². The van der Waals surface area contributed by atoms with Gasteiger partial charge in [-0.3, -0.25) is 4.79 Å². The van der Waals surface area contributed by atoms with E-state index in [-0.39, 0.29) is 28.5 Å². The molecule has 0 amide bonds. The third-order valence-electron chi connectivity index (χ3n) is 4.02. The van der Waals surface area contributed by atoms with Crippen LogP contribution in [0.5, 0.6) is 5.75 Å². The van der Waals surface area contributed by atoms with Gasteiger partial charge in [-0.1, -0.05) is 11.6 Å². The van der Waals surface area contributed by atoms with Crippen LogP contribution in [-0.4, -0.2) is 36.7 Å². The Morgan fingerprint density at radius 2 is 1.96 bits per heavy atom. The third kappa shape index (κ3) is 5.46. The van der Waals surface area contributed by atoms with Crippen molar-refractivity contribution >= 4 is 36.4 Å². The summed E-state index contributed by atoms with van der Waals surface area (Å²) in [5.74, 6) is -1.66. The van der Waals surface area contributed by atoms with Crippen molar-refractivity contribution < 1.29 is 33.5 Å². The molecule has 0 radical (unpaired) electrons. The molecule has 1 aliphatic heterocycles. The first-order valence-corrected chi connectivity index (χ1v) is 8.87. The summed E-state index contributed by atoms with van der Waals surface area (Å²) in [6, 6.07) is 2.97. The predicted octanol–water partition coefficient (Wildman–Crippen LogP) is 2.81. The van der Waals surface area contributed by atoms with Gasteiger partial charge >= 0.3 is 19.1 Å². The lowest BCUT2D eigenvalue weighted by atomic mass is 9.64. The molecule has 146 valence electrons. The number of hydrogen-bond acceptors (Lipinski definition) is 7. The Morgan fingerprint density at radius 1 is 1.30 bits per heavy atom. The van der Waals surface area contributed by atoms with Gasteiger partial charge in [0.25, 0.3) is 0 Å². The summed E-state index contributed by atoms with van der Waals surface area (Å²) < 4.78 is 15.4. The Balaban J connectivity index is 2.14. The maximum atomic E-state index is 12.4. The SMILES string of the molecule is CC(=O)C[C@H]1Cc2cc(Cl)cc(C(=O)OCOC(=O)C(C)(C)C)c2OB1O. The molecule has 1 N–H and O–H groups in total. The number of carbonyl (C=O) groups excluding carboxylic acids is 3. The van der Waals surface area contributed by atoms with E-state index < -0.39 is 37.1 Å². The van der Waals surface area contributed by atoms with Crippen molar-refractivity contribution in [3.8, 4) is 5.75 Å². The van der Waals surface area contributed by atoms with Gasteiger partial charge in [-0.05, 0) is 51.8 Å². The highest BCUT2D eigenvalue weighted by Crippen LogP contribution is 2.38. The number of esters is 2. The second kappa shape index (κ2) is 8.31. The van der Waals surface area contributed by atoms with Gasteiger partial charge in [0.15, 0.2) is 0 Å². The number of hydrogen-bond donors (Lipinski definition) is 1. The summed E-state index contributed by atoms with van der Waals surface area (Å²) in [5.41, 5.74) is -0.108. The van der Waals surface area contributed by atoms with Gasteiger partial charge in [0.2, 0.25) is 6.79 Å². The molecular weight excluding hydrogens is 374 g/mol. The van der Waals surface area contributed by atoms with Crippen LogP contribution in [0.15, 0.2) is 12.1 Å². The van der Waals surface area contributed by atoms with Crippen LogP contribution >= 0.6 is 11.6 Å². The lowest BCUT2D eigenvalue weighted by Gasteiger charge is -2.28. The highest BCUT2D eigenvalue weighted by atomic mass is 35.5. The summed E-state index contributed by atoms with van der Waals surface area (Å²) in [6.45, 7) is 5.92. The fourth-order valence-electron chi connectivity index (χ4n) is 2.67. The van der Waals surface area contributed by atoms with Gasteiger partial charge in [-0.25, -0.2) is 4.79 Å². The Bertz CT molecular complexity index is 757. The maximum Gasteiger partial charge on any atom is 0.526 e. The average Bonchev–Trinajstić information content (AvgIpc) is 2.53. The zero-order valence-electron chi connectivity index (χ0n) is 15.7. The minimum atomic E-state index is -1.23. The van der Waals surface area contributed by atoms with Gasteiger partial charge in [-0.2, -0.15) is 0 Å². The number of benzene rings is 1. The molecule has 0 saturated carbocycles. The number of Topliss-reactive ketones (excluding diaryl/α,β-unsaturated/α-hetero) is 1. The van der Waals surface area contributed by atoms with E-state index in [9.17, 15) is 19.4 Å². The molecule has 9 heteroatoms. The van der Waals surface area contributed by atoms with Crippen LogP contribution < -0.4 is 4.65 Å². The van der Waals surface area contributed by atoms with Gasteiger partial charge in [0.05, 0.1) is 5.41 Å². The van der Waals surface area contributed by atoms with Gasteiger partial charge < -0.3 is 23.9 Å². The quantitative estimate of drug-likeness (QED) is 0.464. The maximum absolute atomic E-state index is 12.4. The molecule has 1 aliphatic rings. The summed E-state index contributed by atoms with van der Waals surface area (Å²) >= 11 is 6.08. The first-order valence-electron chi connectivity index (χ1n) is 8.50. The van der Waals surface area contributed by atoms with Crippen molar-refractivity contribution in [2.75, 3.05) is 6.79 Å². The molecule has 1 atom stereocenters. The number of halogens is 1. The predicted molar refractivity (Wildman–Crippen MR) is 98.6 cm³/mol. The van der Waals surface area contributed by atoms with Crippen LogP contribution in [0.25, 0.3) is 0 Å². The molecule has 1 aromatic carbocycles. The lowest BCUT2D eigenvalue weighted by molar-refractivity contribution is -0.161. The Morgan fingerprint density at radius 3 is 2.56 bits per heavy atom. The average molecular weight is 397 g/mol. The van der Waals surface area contributed by atoms with Crippen LogP contribution in [0.4, 0.5) is 0 Å². The molecule has 1 aromatic rings. The second-order valence-corrected chi connectivity index (χ2v) is 7.99. The van der Waals surface area contributed by atoms with E-state index in [1.165, 1.54) is 13.0 Å². The minimum Gasteiger partial charge on any atom is -0.535 e. The number of fused-ring (bicyclic) bond motifs is 1. The van der Waals surface area contributed by atoms with Crippen molar-refractivity contribution in [1.29, 1.82) is 0 Å². The largest absolute Gasteiger partial charge is 0.535 e. The van der Waals surface area contributed by atoms with Gasteiger partial charge in [0.1, 0.15) is 17.1 Å². The van der Waals surface area contributed by atoms with E-state index in [2.05, 4.69) is 0 Å². The van der Waals surface area contributed by atoms with E-state index in [1.807, 2.05) is 0 Å². The first kappa shape index (κ1) is 21.2. The highest BCUT2D eigenvalue weighted by molar-refractivity contribution is 6.47. The number of rotatable bonds is 5. The zero-order valence-corrected chi connectivity index (χ0v) is 16.5. The van der Waals surface area contributed by atoms with Crippen LogP contribution in [-0.2, 0) is 25.5 Å². The molecule has 2 rings (SSSR count). The van der Waals surface area contributed by atoms with Crippen LogP contribution in [0.2, 0.25) is 10.8 Å². The Kier molecular flexibility index (Phi) is 6.54. The summed E-state index contributed by atoms with van der Waals surface area (Å²) in [4.78, 5) is 35.4. The van der Waals surface area contributed by atoms with E-state index in [4.69, 9.17) is 25.7 Å². The van der Waals surface area contributed by atoms with Crippen molar-refractivity contribution in [3.05, 3.63) is 28.3 Å². The van der Waals surface area contributed by atoms with Crippen molar-refractivity contribution in [1.82, 2.24) is 0 Å². The smallest absolute Gasteiger partial charge is 0.526 e. The molecule has 0 unspecified atom stereocenters.